The van der Waals surface area contributed by atoms with Gasteiger partial charge < -0.3 is 15.4 Å². The van der Waals surface area contributed by atoms with Crippen molar-refractivity contribution in [2.24, 2.45) is 5.92 Å². The van der Waals surface area contributed by atoms with E-state index in [-0.39, 0.29) is 29.1 Å². The van der Waals surface area contributed by atoms with Crippen molar-refractivity contribution in [3.63, 3.8) is 0 Å². The number of anilines is 1. The fourth-order valence-corrected chi connectivity index (χ4v) is 3.22. The maximum Gasteiger partial charge on any atom is 0.354 e. The van der Waals surface area contributed by atoms with Gasteiger partial charge in [-0.1, -0.05) is 30.3 Å². The lowest BCUT2D eigenvalue weighted by Crippen LogP contribution is -2.16. The third-order valence-electron chi connectivity index (χ3n) is 4.58. The summed E-state index contributed by atoms with van der Waals surface area (Å²) in [5, 5.41) is 12.4. The molecule has 2 aromatic carbocycles. The van der Waals surface area contributed by atoms with Crippen molar-refractivity contribution in [2.45, 2.75) is 12.3 Å². The van der Waals surface area contributed by atoms with E-state index in [1.165, 1.54) is 18.2 Å². The van der Waals surface area contributed by atoms with E-state index in [0.717, 1.165) is 12.0 Å². The second kappa shape index (κ2) is 5.73. The van der Waals surface area contributed by atoms with Gasteiger partial charge in [0.25, 0.3) is 0 Å². The van der Waals surface area contributed by atoms with E-state index in [4.69, 9.17) is 0 Å². The average molecular weight is 338 g/mol. The Balaban J connectivity index is 1.62. The molecule has 1 aromatic heterocycles. The van der Waals surface area contributed by atoms with Crippen molar-refractivity contribution in [3.8, 4) is 0 Å². The molecule has 0 saturated heterocycles. The summed E-state index contributed by atoms with van der Waals surface area (Å²) in [4.78, 5) is 26.7. The number of fused-ring (bicyclic) bond motifs is 1. The molecule has 0 unspecified atom stereocenters. The zero-order valence-corrected chi connectivity index (χ0v) is 13.1. The SMILES string of the molecule is O=C(O)c1[nH]c2ccc(F)cc2c1NC(=O)[C@H]1C[C@@H]1c1ccccc1. The van der Waals surface area contributed by atoms with E-state index < -0.39 is 11.8 Å². The molecule has 0 spiro atoms. The Bertz CT molecular complexity index is 981. The number of nitrogens with one attached hydrogen (secondary N) is 2. The Morgan fingerprint density at radius 1 is 1.16 bits per heavy atom. The molecule has 1 aliphatic rings. The number of aromatic amines is 1. The van der Waals surface area contributed by atoms with Crippen LogP contribution < -0.4 is 5.32 Å². The van der Waals surface area contributed by atoms with Gasteiger partial charge in [-0.15, -0.1) is 0 Å². The summed E-state index contributed by atoms with van der Waals surface area (Å²) in [5.41, 5.74) is 1.52. The van der Waals surface area contributed by atoms with Crippen LogP contribution in [0.4, 0.5) is 10.1 Å². The van der Waals surface area contributed by atoms with E-state index in [2.05, 4.69) is 10.3 Å². The molecule has 1 heterocycles. The maximum absolute atomic E-state index is 13.5. The minimum atomic E-state index is -1.21. The van der Waals surface area contributed by atoms with Crippen LogP contribution in [0.1, 0.15) is 28.4 Å². The van der Waals surface area contributed by atoms with E-state index in [0.29, 0.717) is 10.9 Å². The molecule has 0 radical (unpaired) electrons. The molecule has 1 fully saturated rings. The fourth-order valence-electron chi connectivity index (χ4n) is 3.22. The predicted molar refractivity (Wildman–Crippen MR) is 91.1 cm³/mol. The van der Waals surface area contributed by atoms with Crippen LogP contribution >= 0.6 is 0 Å². The molecule has 0 aliphatic heterocycles. The van der Waals surface area contributed by atoms with Gasteiger partial charge in [0.05, 0.1) is 5.69 Å². The lowest BCUT2D eigenvalue weighted by molar-refractivity contribution is -0.117. The van der Waals surface area contributed by atoms with E-state index in [9.17, 15) is 19.1 Å². The number of amides is 1. The second-order valence-corrected chi connectivity index (χ2v) is 6.22. The van der Waals surface area contributed by atoms with Crippen molar-refractivity contribution in [2.75, 3.05) is 5.32 Å². The molecule has 0 bridgehead atoms. The third-order valence-corrected chi connectivity index (χ3v) is 4.58. The molecule has 2 atom stereocenters. The molecule has 25 heavy (non-hydrogen) atoms. The summed E-state index contributed by atoms with van der Waals surface area (Å²) in [6.45, 7) is 0. The number of aromatic carboxylic acids is 1. The van der Waals surface area contributed by atoms with Crippen LogP contribution in [0.3, 0.4) is 0 Å². The molecule has 1 saturated carbocycles. The highest BCUT2D eigenvalue weighted by Crippen LogP contribution is 2.48. The number of aromatic nitrogens is 1. The Kier molecular flexibility index (Phi) is 3.53. The molecular weight excluding hydrogens is 323 g/mol. The van der Waals surface area contributed by atoms with Gasteiger partial charge in [-0.3, -0.25) is 4.79 Å². The summed E-state index contributed by atoms with van der Waals surface area (Å²) in [6, 6.07) is 13.6. The lowest BCUT2D eigenvalue weighted by atomic mass is 10.1. The average Bonchev–Trinajstić information content (AvgIpc) is 3.33. The van der Waals surface area contributed by atoms with Gasteiger partial charge in [-0.2, -0.15) is 0 Å². The van der Waals surface area contributed by atoms with Crippen molar-refractivity contribution in [1.82, 2.24) is 4.98 Å². The van der Waals surface area contributed by atoms with Crippen LogP contribution in [0.5, 0.6) is 0 Å². The molecule has 6 heteroatoms. The van der Waals surface area contributed by atoms with Crippen molar-refractivity contribution in [3.05, 3.63) is 65.6 Å². The summed E-state index contributed by atoms with van der Waals surface area (Å²) >= 11 is 0. The van der Waals surface area contributed by atoms with Gasteiger partial charge in [0.2, 0.25) is 5.91 Å². The molecule has 1 aliphatic carbocycles. The first-order valence-corrected chi connectivity index (χ1v) is 7.95. The number of carbonyl (C=O) groups is 2. The highest BCUT2D eigenvalue weighted by molar-refractivity contribution is 6.11. The van der Waals surface area contributed by atoms with Crippen LogP contribution in [0.2, 0.25) is 0 Å². The predicted octanol–water partition coefficient (Wildman–Crippen LogP) is 3.75. The monoisotopic (exact) mass is 338 g/mol. The molecule has 1 amide bonds. The summed E-state index contributed by atoms with van der Waals surface area (Å²) in [5.74, 6) is -2.02. The largest absolute Gasteiger partial charge is 0.477 e. The van der Waals surface area contributed by atoms with Crippen molar-refractivity contribution >= 4 is 28.5 Å². The van der Waals surface area contributed by atoms with Crippen LogP contribution in [0.15, 0.2) is 48.5 Å². The summed E-state index contributed by atoms with van der Waals surface area (Å²) in [7, 11) is 0. The minimum absolute atomic E-state index is 0.116. The quantitative estimate of drug-likeness (QED) is 0.677. The molecule has 3 N–H and O–H groups in total. The van der Waals surface area contributed by atoms with E-state index >= 15 is 0 Å². The number of carbonyl (C=O) groups excluding carboxylic acids is 1. The second-order valence-electron chi connectivity index (χ2n) is 6.22. The number of hydrogen-bond acceptors (Lipinski definition) is 2. The number of H-pyrrole nitrogens is 1. The molecule has 4 rings (SSSR count). The fraction of sp³-hybridized carbons (Fsp3) is 0.158. The number of carboxylic acids is 1. The van der Waals surface area contributed by atoms with Gasteiger partial charge in [0, 0.05) is 16.8 Å². The standard InChI is InChI=1S/C19H15FN2O3/c20-11-6-7-15-14(8-11)16(17(21-15)19(24)25)22-18(23)13-9-12(13)10-4-2-1-3-5-10/h1-8,12-13,21H,9H2,(H,22,23)(H,24,25)/t12-,13+/m1/s1. The van der Waals surface area contributed by atoms with E-state index in [1.807, 2.05) is 30.3 Å². The number of rotatable bonds is 4. The van der Waals surface area contributed by atoms with Gasteiger partial charge in [-0.25, -0.2) is 9.18 Å². The summed E-state index contributed by atoms with van der Waals surface area (Å²) < 4.78 is 13.5. The summed E-state index contributed by atoms with van der Waals surface area (Å²) in [6.07, 6.45) is 0.717. The first kappa shape index (κ1) is 15.4. The molecule has 126 valence electrons. The highest BCUT2D eigenvalue weighted by Gasteiger charge is 2.44. The highest BCUT2D eigenvalue weighted by atomic mass is 19.1. The topological polar surface area (TPSA) is 82.2 Å². The first-order chi connectivity index (χ1) is 12.0. The maximum atomic E-state index is 13.5. The molecule has 3 aromatic rings. The van der Waals surface area contributed by atoms with Gasteiger partial charge >= 0.3 is 5.97 Å². The van der Waals surface area contributed by atoms with Crippen molar-refractivity contribution in [1.29, 1.82) is 0 Å². The number of hydrogen-bond donors (Lipinski definition) is 3. The van der Waals surface area contributed by atoms with Crippen LogP contribution in [0.25, 0.3) is 10.9 Å². The number of carboxylic acid groups (broad SMARTS) is 1. The Morgan fingerprint density at radius 2 is 1.92 bits per heavy atom. The van der Waals surface area contributed by atoms with Gasteiger partial charge in [0.1, 0.15) is 11.5 Å². The van der Waals surface area contributed by atoms with Crippen LogP contribution in [-0.4, -0.2) is 22.0 Å². The Labute approximate surface area is 142 Å². The lowest BCUT2D eigenvalue weighted by Gasteiger charge is -2.06. The Morgan fingerprint density at radius 3 is 2.64 bits per heavy atom. The van der Waals surface area contributed by atoms with Gasteiger partial charge in [-0.05, 0) is 36.1 Å². The van der Waals surface area contributed by atoms with Crippen LogP contribution in [0, 0.1) is 11.7 Å². The zero-order chi connectivity index (χ0) is 17.6. The van der Waals surface area contributed by atoms with E-state index in [1.54, 1.807) is 0 Å². The number of halogens is 1. The molecule has 5 nitrogen and oxygen atoms in total. The zero-order valence-electron chi connectivity index (χ0n) is 13.1. The van der Waals surface area contributed by atoms with Gasteiger partial charge in [0.15, 0.2) is 0 Å². The Hall–Kier alpha value is -3.15. The van der Waals surface area contributed by atoms with Crippen LogP contribution in [-0.2, 0) is 4.79 Å². The molecular formula is C19H15FN2O3. The third kappa shape index (κ3) is 2.76. The first-order valence-electron chi connectivity index (χ1n) is 7.95. The smallest absolute Gasteiger partial charge is 0.354 e. The normalized spacial score (nSPS) is 18.9. The minimum Gasteiger partial charge on any atom is -0.477 e. The van der Waals surface area contributed by atoms with Crippen molar-refractivity contribution < 1.29 is 19.1 Å². The number of benzene rings is 2.